The fourth-order valence-corrected chi connectivity index (χ4v) is 3.84. The van der Waals surface area contributed by atoms with E-state index in [4.69, 9.17) is 0 Å². The smallest absolute Gasteiger partial charge is 0.273 e. The lowest BCUT2D eigenvalue weighted by molar-refractivity contribution is -0.385. The molecule has 2 N–H and O–H groups in total. The molecular weight excluding hydrogens is 370 g/mol. The van der Waals surface area contributed by atoms with E-state index in [1.54, 1.807) is 32.9 Å². The Kier molecular flexibility index (Phi) is 6.29. The number of nitro benzene ring substituents is 1. The number of nitrogens with zero attached hydrogens (tertiary/aromatic N) is 1. The van der Waals surface area contributed by atoms with E-state index in [1.807, 2.05) is 6.07 Å². The molecule has 0 aliphatic carbocycles. The van der Waals surface area contributed by atoms with E-state index in [0.29, 0.717) is 11.1 Å². The van der Waals surface area contributed by atoms with Crippen LogP contribution in [0.25, 0.3) is 0 Å². The van der Waals surface area contributed by atoms with E-state index in [2.05, 4.69) is 10.0 Å². The van der Waals surface area contributed by atoms with E-state index in [1.165, 1.54) is 18.2 Å². The van der Waals surface area contributed by atoms with Crippen LogP contribution in [0.2, 0.25) is 0 Å². The van der Waals surface area contributed by atoms with Crippen LogP contribution in [0.4, 0.5) is 5.69 Å². The highest BCUT2D eigenvalue weighted by molar-refractivity contribution is 7.89. The fourth-order valence-electron chi connectivity index (χ4n) is 2.49. The number of amides is 1. The van der Waals surface area contributed by atoms with Gasteiger partial charge in [-0.25, -0.2) is 13.1 Å². The molecular formula is C18H21N3O5S. The highest BCUT2D eigenvalue weighted by atomic mass is 32.2. The number of hydrogen-bond donors (Lipinski definition) is 2. The Morgan fingerprint density at radius 3 is 2.37 bits per heavy atom. The standard InChI is InChI=1S/C18H21N3O5S/c1-12-4-5-14(3)17(10-12)27(25,26)20-9-8-19-18(22)15-7-6-13(2)16(11-15)21(23)24/h4-7,10-11,20H,8-9H2,1-3H3,(H,19,22). The molecule has 2 rings (SSSR count). The Bertz CT molecular complexity index is 986. The third-order valence-electron chi connectivity index (χ3n) is 4.00. The van der Waals surface area contributed by atoms with E-state index in [9.17, 15) is 23.3 Å². The first-order valence-electron chi connectivity index (χ1n) is 8.22. The van der Waals surface area contributed by atoms with Crippen LogP contribution >= 0.6 is 0 Å². The van der Waals surface area contributed by atoms with Crippen molar-refractivity contribution in [2.24, 2.45) is 0 Å². The van der Waals surface area contributed by atoms with Gasteiger partial charge in [0.1, 0.15) is 0 Å². The molecule has 0 atom stereocenters. The van der Waals surface area contributed by atoms with Crippen LogP contribution in [0.5, 0.6) is 0 Å². The molecule has 144 valence electrons. The largest absolute Gasteiger partial charge is 0.351 e. The van der Waals surface area contributed by atoms with Gasteiger partial charge in [-0.3, -0.25) is 14.9 Å². The van der Waals surface area contributed by atoms with Crippen molar-refractivity contribution in [2.75, 3.05) is 13.1 Å². The van der Waals surface area contributed by atoms with Gasteiger partial charge in [-0.15, -0.1) is 0 Å². The van der Waals surface area contributed by atoms with E-state index < -0.39 is 20.9 Å². The molecule has 8 nitrogen and oxygen atoms in total. The minimum atomic E-state index is -3.69. The highest BCUT2D eigenvalue weighted by Gasteiger charge is 2.17. The van der Waals surface area contributed by atoms with Crippen molar-refractivity contribution in [3.63, 3.8) is 0 Å². The first-order valence-corrected chi connectivity index (χ1v) is 9.70. The number of hydrogen-bond acceptors (Lipinski definition) is 5. The highest BCUT2D eigenvalue weighted by Crippen LogP contribution is 2.19. The average molecular weight is 391 g/mol. The van der Waals surface area contributed by atoms with Gasteiger partial charge in [0.15, 0.2) is 0 Å². The Balaban J connectivity index is 1.96. The van der Waals surface area contributed by atoms with Gasteiger partial charge in [0.05, 0.1) is 9.82 Å². The quantitative estimate of drug-likeness (QED) is 0.426. The zero-order valence-electron chi connectivity index (χ0n) is 15.3. The number of benzene rings is 2. The Morgan fingerprint density at radius 2 is 1.70 bits per heavy atom. The number of aryl methyl sites for hydroxylation is 3. The second-order valence-corrected chi connectivity index (χ2v) is 7.92. The van der Waals surface area contributed by atoms with Crippen LogP contribution in [-0.4, -0.2) is 32.3 Å². The minimum absolute atomic E-state index is 0.00455. The van der Waals surface area contributed by atoms with Crippen molar-refractivity contribution in [1.29, 1.82) is 0 Å². The summed E-state index contributed by atoms with van der Waals surface area (Å²) in [5.74, 6) is -0.510. The third kappa shape index (κ3) is 5.11. The second-order valence-electron chi connectivity index (χ2n) is 6.18. The van der Waals surface area contributed by atoms with Crippen LogP contribution in [0.3, 0.4) is 0 Å². The summed E-state index contributed by atoms with van der Waals surface area (Å²) in [6.45, 7) is 5.14. The molecule has 0 radical (unpaired) electrons. The van der Waals surface area contributed by atoms with Gasteiger partial charge in [0, 0.05) is 30.3 Å². The third-order valence-corrected chi connectivity index (χ3v) is 5.61. The molecule has 0 saturated carbocycles. The number of carbonyl (C=O) groups is 1. The molecule has 0 spiro atoms. The Morgan fingerprint density at radius 1 is 1.04 bits per heavy atom. The summed E-state index contributed by atoms with van der Waals surface area (Å²) in [6.07, 6.45) is 0. The number of sulfonamides is 1. The topological polar surface area (TPSA) is 118 Å². The van der Waals surface area contributed by atoms with Gasteiger partial charge in [-0.05, 0) is 44.0 Å². The van der Waals surface area contributed by atoms with E-state index in [-0.39, 0.29) is 29.2 Å². The van der Waals surface area contributed by atoms with Crippen LogP contribution < -0.4 is 10.0 Å². The summed E-state index contributed by atoms with van der Waals surface area (Å²) >= 11 is 0. The maximum atomic E-state index is 12.4. The lowest BCUT2D eigenvalue weighted by atomic mass is 10.1. The maximum absolute atomic E-state index is 12.4. The normalized spacial score (nSPS) is 11.2. The fraction of sp³-hybridized carbons (Fsp3) is 0.278. The first-order chi connectivity index (χ1) is 12.6. The summed E-state index contributed by atoms with van der Waals surface area (Å²) in [7, 11) is -3.69. The number of nitro groups is 1. The minimum Gasteiger partial charge on any atom is -0.351 e. The molecule has 0 fully saturated rings. The summed E-state index contributed by atoms with van der Waals surface area (Å²) in [6, 6.07) is 9.33. The molecule has 0 bridgehead atoms. The zero-order valence-corrected chi connectivity index (χ0v) is 16.1. The van der Waals surface area contributed by atoms with Crippen molar-refractivity contribution >= 4 is 21.6 Å². The Hall–Kier alpha value is -2.78. The monoisotopic (exact) mass is 391 g/mol. The van der Waals surface area contributed by atoms with Gasteiger partial charge in [-0.2, -0.15) is 0 Å². The maximum Gasteiger partial charge on any atom is 0.273 e. The van der Waals surface area contributed by atoms with Crippen molar-refractivity contribution < 1.29 is 18.1 Å². The molecule has 9 heteroatoms. The molecule has 0 unspecified atom stereocenters. The van der Waals surface area contributed by atoms with Gasteiger partial charge in [-0.1, -0.05) is 18.2 Å². The van der Waals surface area contributed by atoms with Crippen LogP contribution in [0, 0.1) is 30.9 Å². The average Bonchev–Trinajstić information content (AvgIpc) is 2.60. The van der Waals surface area contributed by atoms with Crippen molar-refractivity contribution in [3.05, 3.63) is 68.8 Å². The first kappa shape index (κ1) is 20.5. The van der Waals surface area contributed by atoms with Crippen molar-refractivity contribution in [2.45, 2.75) is 25.7 Å². The van der Waals surface area contributed by atoms with E-state index in [0.717, 1.165) is 5.56 Å². The number of carbonyl (C=O) groups excluding carboxylic acids is 1. The molecule has 0 aliphatic rings. The zero-order chi connectivity index (χ0) is 20.2. The van der Waals surface area contributed by atoms with Crippen LogP contribution in [0.15, 0.2) is 41.3 Å². The molecule has 1 amide bonds. The van der Waals surface area contributed by atoms with E-state index >= 15 is 0 Å². The van der Waals surface area contributed by atoms with Crippen LogP contribution in [-0.2, 0) is 10.0 Å². The van der Waals surface area contributed by atoms with Gasteiger partial charge < -0.3 is 5.32 Å². The van der Waals surface area contributed by atoms with Gasteiger partial charge >= 0.3 is 0 Å². The van der Waals surface area contributed by atoms with Crippen molar-refractivity contribution in [3.8, 4) is 0 Å². The number of rotatable bonds is 7. The summed E-state index contributed by atoms with van der Waals surface area (Å²) in [5, 5.41) is 13.5. The summed E-state index contributed by atoms with van der Waals surface area (Å²) in [5.41, 5.74) is 1.92. The molecule has 2 aromatic rings. The predicted octanol–water partition coefficient (Wildman–Crippen LogP) is 2.23. The second kappa shape index (κ2) is 8.28. The molecule has 0 saturated heterocycles. The molecule has 0 heterocycles. The lowest BCUT2D eigenvalue weighted by Crippen LogP contribution is -2.35. The lowest BCUT2D eigenvalue weighted by Gasteiger charge is -2.11. The molecule has 0 aliphatic heterocycles. The summed E-state index contributed by atoms with van der Waals surface area (Å²) < 4.78 is 27.2. The van der Waals surface area contributed by atoms with Crippen LogP contribution in [0.1, 0.15) is 27.0 Å². The summed E-state index contributed by atoms with van der Waals surface area (Å²) in [4.78, 5) is 22.7. The van der Waals surface area contributed by atoms with Crippen molar-refractivity contribution in [1.82, 2.24) is 10.0 Å². The molecule has 27 heavy (non-hydrogen) atoms. The van der Waals surface area contributed by atoms with Gasteiger partial charge in [0.25, 0.3) is 11.6 Å². The molecule has 2 aromatic carbocycles. The molecule has 0 aromatic heterocycles. The SMILES string of the molecule is Cc1ccc(C)c(S(=O)(=O)NCCNC(=O)c2ccc(C)c([N+](=O)[O-])c2)c1. The van der Waals surface area contributed by atoms with Gasteiger partial charge in [0.2, 0.25) is 10.0 Å². The Labute approximate surface area is 157 Å². The number of nitrogens with one attached hydrogen (secondary N) is 2. The predicted molar refractivity (Wildman–Crippen MR) is 101 cm³/mol.